The van der Waals surface area contributed by atoms with E-state index in [2.05, 4.69) is 20.8 Å². The van der Waals surface area contributed by atoms with E-state index in [1.165, 1.54) is 17.1 Å². The first-order chi connectivity index (χ1) is 22.7. The number of phenolic OH excluding ortho intramolecular Hbond substituents is 2. The molecule has 6 N–H and O–H groups in total. The van der Waals surface area contributed by atoms with Gasteiger partial charge in [-0.1, -0.05) is 16.8 Å². The standard InChI is InChI=1S/C28H30ClN7O10S2.Na/c1-36(6-2-3-7-36)9-12-10-47-25-19(24(41)35(25)20(12)27(44)45)33-23(40)18(14-11-48-28(30)32-14)34-46-16(26(42)43)8-31-22(39)13-4-5-15(37)21(38)17(13)29;/h4-5,11,16,19,25H,2-3,6-10H2,1H3,(H7-,30,31,32,33,34,37,38,39,40,42,43,44,45);/q;+1/p-1/t16-,19+,25+;/m0./s1. The van der Waals surface area contributed by atoms with Crippen molar-refractivity contribution in [2.75, 3.05) is 44.7 Å². The molecule has 2 saturated heterocycles. The number of thioether (sulfide) groups is 1. The summed E-state index contributed by atoms with van der Waals surface area (Å²) in [6.45, 7) is 1.48. The molecule has 17 nitrogen and oxygen atoms in total. The number of likely N-dealkylation sites (tertiary alicyclic amines) is 1. The number of fused-ring (bicyclic) bond motifs is 1. The first-order valence-corrected chi connectivity index (χ1v) is 16.7. The molecule has 3 amide bonds. The van der Waals surface area contributed by atoms with Gasteiger partial charge in [-0.25, -0.2) is 4.98 Å². The number of aromatic nitrogens is 1. The Balaban J connectivity index is 0.00000541. The van der Waals surface area contributed by atoms with Crippen molar-refractivity contribution in [3.63, 3.8) is 0 Å². The van der Waals surface area contributed by atoms with Crippen molar-refractivity contribution < 1.29 is 83.3 Å². The number of nitrogens with two attached hydrogens (primary N) is 1. The molecule has 2 fully saturated rings. The van der Waals surface area contributed by atoms with Crippen molar-refractivity contribution >= 4 is 75.2 Å². The Bertz CT molecular complexity index is 1750. The zero-order chi connectivity index (χ0) is 34.9. The summed E-state index contributed by atoms with van der Waals surface area (Å²) in [5, 5.41) is 51.8. The number of thiazole rings is 1. The van der Waals surface area contributed by atoms with Gasteiger partial charge >= 0.3 is 29.6 Å². The van der Waals surface area contributed by atoms with Crippen LogP contribution in [0.4, 0.5) is 5.13 Å². The van der Waals surface area contributed by atoms with Gasteiger partial charge in [0.25, 0.3) is 17.7 Å². The van der Waals surface area contributed by atoms with Crippen molar-refractivity contribution in [3.8, 4) is 11.5 Å². The number of likely N-dealkylation sites (N-methyl/N-ethyl adjacent to an activating group) is 1. The second-order valence-electron chi connectivity index (χ2n) is 11.5. The SMILES string of the molecule is C[N+]1(CC2=C(C(=O)[O-])N3C(=O)[C@@H](NC(=O)/C(=N\O[C@@H](CNC(=O)c4ccc(O)c(O)c4Cl)C(=O)[O-])c4csc(N)n4)[C@H]3SC2)CCCC1.[Na+]. The molecule has 0 unspecified atom stereocenters. The molecular weight excluding hydrogens is 717 g/mol. The summed E-state index contributed by atoms with van der Waals surface area (Å²) >= 11 is 8.10. The Morgan fingerprint density at radius 3 is 2.55 bits per heavy atom. The van der Waals surface area contributed by atoms with E-state index in [9.17, 15) is 44.4 Å². The third-order valence-electron chi connectivity index (χ3n) is 8.05. The van der Waals surface area contributed by atoms with Crippen LogP contribution >= 0.6 is 34.7 Å². The number of phenols is 2. The normalized spacial score (nSPS) is 20.4. The summed E-state index contributed by atoms with van der Waals surface area (Å²) in [5.41, 5.74) is 5.11. The van der Waals surface area contributed by atoms with E-state index in [1.54, 1.807) is 0 Å². The number of hydrogen-bond donors (Lipinski definition) is 5. The Morgan fingerprint density at radius 2 is 1.94 bits per heavy atom. The summed E-state index contributed by atoms with van der Waals surface area (Å²) in [4.78, 5) is 73.4. The van der Waals surface area contributed by atoms with Crippen molar-refractivity contribution in [2.24, 2.45) is 5.16 Å². The minimum absolute atomic E-state index is 0. The van der Waals surface area contributed by atoms with E-state index in [0.29, 0.717) is 22.4 Å². The van der Waals surface area contributed by atoms with Crippen molar-refractivity contribution in [1.82, 2.24) is 20.5 Å². The fourth-order valence-electron chi connectivity index (χ4n) is 5.61. The van der Waals surface area contributed by atoms with Gasteiger partial charge in [-0.05, 0) is 12.1 Å². The maximum Gasteiger partial charge on any atom is 1.00 e. The number of halogens is 1. The van der Waals surface area contributed by atoms with Crippen LogP contribution in [0.25, 0.3) is 0 Å². The molecule has 21 heteroatoms. The van der Waals surface area contributed by atoms with E-state index < -0.39 is 76.0 Å². The molecule has 1 aromatic carbocycles. The summed E-state index contributed by atoms with van der Waals surface area (Å²) in [6.07, 6.45) is 0.0857. The number of carboxylic acids is 2. The van der Waals surface area contributed by atoms with E-state index in [0.717, 1.165) is 54.3 Å². The molecule has 0 aliphatic carbocycles. The number of rotatable bonds is 12. The Hall–Kier alpha value is -3.59. The van der Waals surface area contributed by atoms with Crippen LogP contribution in [-0.2, 0) is 24.0 Å². The number of benzene rings is 1. The number of carboxylic acid groups (broad SMARTS) is 2. The number of amides is 3. The molecule has 4 heterocycles. The second kappa shape index (κ2) is 15.5. The van der Waals surface area contributed by atoms with Crippen LogP contribution in [0.1, 0.15) is 28.9 Å². The number of oxime groups is 1. The topological polar surface area (TPSA) is 260 Å². The van der Waals surface area contributed by atoms with Gasteiger partial charge < -0.3 is 55.7 Å². The molecule has 0 spiro atoms. The predicted octanol–water partition coefficient (Wildman–Crippen LogP) is -5.29. The average Bonchev–Trinajstić information content (AvgIpc) is 3.67. The number of carbonyl (C=O) groups excluding carboxylic acids is 5. The maximum atomic E-state index is 13.4. The zero-order valence-corrected chi connectivity index (χ0v) is 30.5. The minimum atomic E-state index is -1.96. The second-order valence-corrected chi connectivity index (χ2v) is 13.8. The van der Waals surface area contributed by atoms with Crippen molar-refractivity contribution in [2.45, 2.75) is 30.4 Å². The number of anilines is 1. The van der Waals surface area contributed by atoms with Gasteiger partial charge in [-0.2, -0.15) is 0 Å². The number of aliphatic carboxylic acids is 2. The largest absolute Gasteiger partial charge is 1.00 e. The average molecular weight is 746 g/mol. The van der Waals surface area contributed by atoms with Crippen LogP contribution in [0.3, 0.4) is 0 Å². The van der Waals surface area contributed by atoms with Gasteiger partial charge in [0.1, 0.15) is 23.7 Å². The molecule has 256 valence electrons. The van der Waals surface area contributed by atoms with Gasteiger partial charge in [0.15, 0.2) is 28.4 Å². The Kier molecular flexibility index (Phi) is 12.1. The van der Waals surface area contributed by atoms with Crippen LogP contribution in [0, 0.1) is 0 Å². The molecule has 0 radical (unpaired) electrons. The summed E-state index contributed by atoms with van der Waals surface area (Å²) < 4.78 is 0.654. The molecule has 3 aliphatic heterocycles. The van der Waals surface area contributed by atoms with Gasteiger partial charge in [0.05, 0.1) is 54.9 Å². The van der Waals surface area contributed by atoms with Crippen LogP contribution < -0.4 is 56.1 Å². The van der Waals surface area contributed by atoms with Crippen LogP contribution in [0.5, 0.6) is 11.5 Å². The molecular formula is C28H29ClN7NaO10S2. The molecule has 0 bridgehead atoms. The Morgan fingerprint density at radius 1 is 1.24 bits per heavy atom. The maximum absolute atomic E-state index is 13.4. The molecule has 2 aromatic rings. The van der Waals surface area contributed by atoms with Gasteiger partial charge in [-0.3, -0.25) is 19.3 Å². The fourth-order valence-corrected chi connectivity index (χ4v) is 7.74. The van der Waals surface area contributed by atoms with E-state index >= 15 is 0 Å². The number of quaternary nitrogens is 1. The third kappa shape index (κ3) is 8.08. The Labute approximate surface area is 314 Å². The summed E-state index contributed by atoms with van der Waals surface area (Å²) in [6, 6.07) is 0.920. The van der Waals surface area contributed by atoms with Gasteiger partial charge in [0.2, 0.25) is 0 Å². The van der Waals surface area contributed by atoms with Crippen LogP contribution in [0.15, 0.2) is 33.9 Å². The monoisotopic (exact) mass is 745 g/mol. The molecule has 5 rings (SSSR count). The van der Waals surface area contributed by atoms with E-state index in [-0.39, 0.29) is 51.6 Å². The number of aromatic hydroxyl groups is 2. The quantitative estimate of drug-likeness (QED) is 0.0340. The van der Waals surface area contributed by atoms with Crippen LogP contribution in [-0.4, -0.2) is 116 Å². The number of nitrogens with zero attached hydrogens (tertiary/aromatic N) is 4. The molecule has 49 heavy (non-hydrogen) atoms. The minimum Gasteiger partial charge on any atom is -0.546 e. The fraction of sp³-hybridized carbons (Fsp3) is 0.393. The zero-order valence-electron chi connectivity index (χ0n) is 26.1. The number of β-lactam (4-membered cyclic amide) rings is 1. The van der Waals surface area contributed by atoms with E-state index in [4.69, 9.17) is 22.2 Å². The van der Waals surface area contributed by atoms with E-state index in [1.807, 2.05) is 7.05 Å². The molecule has 1 aromatic heterocycles. The van der Waals surface area contributed by atoms with Gasteiger partial charge in [0, 0.05) is 29.5 Å². The summed E-state index contributed by atoms with van der Waals surface area (Å²) in [5.74, 6) is -6.99. The number of carbonyl (C=O) groups is 5. The predicted molar refractivity (Wildman–Crippen MR) is 167 cm³/mol. The number of nitrogen functional groups attached to an aromatic ring is 1. The van der Waals surface area contributed by atoms with Crippen LogP contribution in [0.2, 0.25) is 5.02 Å². The third-order valence-corrected chi connectivity index (χ3v) is 10.4. The van der Waals surface area contributed by atoms with Crippen molar-refractivity contribution in [3.05, 3.63) is 45.1 Å². The number of hydrogen-bond acceptors (Lipinski definition) is 15. The van der Waals surface area contributed by atoms with Gasteiger partial charge in [-0.15, -0.1) is 23.1 Å². The first kappa shape index (κ1) is 38.2. The first-order valence-electron chi connectivity index (χ1n) is 14.4. The number of nitrogens with one attached hydrogen (secondary N) is 2. The summed E-state index contributed by atoms with van der Waals surface area (Å²) in [7, 11) is 2.04. The molecule has 3 atom stereocenters. The molecule has 3 aliphatic rings. The molecule has 0 saturated carbocycles. The smallest absolute Gasteiger partial charge is 0.546 e. The van der Waals surface area contributed by atoms with Crippen molar-refractivity contribution in [1.29, 1.82) is 0 Å².